The summed E-state index contributed by atoms with van der Waals surface area (Å²) in [5.74, 6) is 0.366. The number of piperidine rings is 1. The van der Waals surface area contributed by atoms with Crippen LogP contribution in [-0.2, 0) is 0 Å². The highest BCUT2D eigenvalue weighted by Crippen LogP contribution is 2.45. The third-order valence-corrected chi connectivity index (χ3v) is 6.75. The maximum absolute atomic E-state index is 14.4. The van der Waals surface area contributed by atoms with Crippen LogP contribution in [0.1, 0.15) is 12.8 Å². The van der Waals surface area contributed by atoms with E-state index in [1.807, 2.05) is 29.2 Å². The summed E-state index contributed by atoms with van der Waals surface area (Å²) in [6.07, 6.45) is 9.15. The first-order valence-corrected chi connectivity index (χ1v) is 10.8. The Morgan fingerprint density at radius 2 is 2.00 bits per heavy atom. The van der Waals surface area contributed by atoms with Crippen molar-refractivity contribution in [3.8, 4) is 11.4 Å². The summed E-state index contributed by atoms with van der Waals surface area (Å²) in [5.41, 5.74) is 10.0. The van der Waals surface area contributed by atoms with Crippen molar-refractivity contribution in [2.75, 3.05) is 25.0 Å². The Balaban J connectivity index is 1.53. The van der Waals surface area contributed by atoms with Crippen LogP contribution in [0.15, 0.2) is 55.1 Å². The third kappa shape index (κ3) is 2.81. The van der Waals surface area contributed by atoms with Gasteiger partial charge in [-0.3, -0.25) is 9.97 Å². The molecule has 2 aliphatic heterocycles. The van der Waals surface area contributed by atoms with Gasteiger partial charge in [-0.25, -0.2) is 8.87 Å². The maximum Gasteiger partial charge on any atom is 0.335 e. The molecular formula is C23H24FN8+. The van der Waals surface area contributed by atoms with E-state index < -0.39 is 5.82 Å². The lowest BCUT2D eigenvalue weighted by atomic mass is 9.94. The van der Waals surface area contributed by atoms with Crippen LogP contribution in [0.4, 0.5) is 21.7 Å². The molecule has 0 bridgehead atoms. The Bertz CT molecular complexity index is 1320. The number of hydrogen-bond donors (Lipinski definition) is 1. The predicted molar refractivity (Wildman–Crippen MR) is 121 cm³/mol. The van der Waals surface area contributed by atoms with Crippen molar-refractivity contribution >= 4 is 22.8 Å². The molecule has 0 radical (unpaired) electrons. The lowest BCUT2D eigenvalue weighted by molar-refractivity contribution is 0.311. The molecule has 0 aliphatic carbocycles. The van der Waals surface area contributed by atoms with Gasteiger partial charge in [-0.2, -0.15) is 14.6 Å². The van der Waals surface area contributed by atoms with Crippen LogP contribution in [0.3, 0.4) is 0 Å². The molecule has 1 saturated heterocycles. The fraction of sp³-hybridized carbons (Fsp3) is 0.304. The molecule has 6 heterocycles. The number of imidazole rings is 1. The summed E-state index contributed by atoms with van der Waals surface area (Å²) in [4.78, 5) is 15.8. The van der Waals surface area contributed by atoms with Gasteiger partial charge in [0.2, 0.25) is 0 Å². The van der Waals surface area contributed by atoms with Crippen molar-refractivity contribution in [1.82, 2.24) is 29.0 Å². The van der Waals surface area contributed by atoms with E-state index in [9.17, 15) is 4.39 Å². The van der Waals surface area contributed by atoms with Crippen molar-refractivity contribution in [2.24, 2.45) is 5.73 Å². The third-order valence-electron chi connectivity index (χ3n) is 6.75. The summed E-state index contributed by atoms with van der Waals surface area (Å²) in [6, 6.07) is 9.24. The van der Waals surface area contributed by atoms with Gasteiger partial charge in [0, 0.05) is 25.0 Å². The number of hydrogen-bond acceptors (Lipinski definition) is 6. The summed E-state index contributed by atoms with van der Waals surface area (Å²) in [7, 11) is 2.15. The number of pyridine rings is 2. The molecule has 4 aromatic heterocycles. The number of fused-ring (bicyclic) bond motifs is 4. The Hall–Kier alpha value is -3.43. The zero-order valence-electron chi connectivity index (χ0n) is 17.8. The van der Waals surface area contributed by atoms with Crippen molar-refractivity contribution in [3.05, 3.63) is 60.9 Å². The number of likely N-dealkylation sites (N-methyl/N-ethyl adjacent to an activating group) is 1. The van der Waals surface area contributed by atoms with Crippen LogP contribution in [-0.4, -0.2) is 56.8 Å². The highest BCUT2D eigenvalue weighted by molar-refractivity contribution is 5.75. The molecule has 2 aliphatic rings. The molecule has 0 saturated carbocycles. The zero-order valence-corrected chi connectivity index (χ0v) is 17.8. The normalized spacial score (nSPS) is 24.9. The van der Waals surface area contributed by atoms with Crippen LogP contribution < -0.4 is 15.1 Å². The SMILES string of the molecule is C[N+]1(c2ncc3ccc(-c4ncccc4F)nn23)CC2CCC(N)CN2c2ccncc21. The van der Waals surface area contributed by atoms with Crippen molar-refractivity contribution in [2.45, 2.75) is 24.9 Å². The second kappa shape index (κ2) is 7.04. The lowest BCUT2D eigenvalue weighted by Gasteiger charge is -2.48. The fourth-order valence-electron chi connectivity index (χ4n) is 5.16. The molecule has 162 valence electrons. The van der Waals surface area contributed by atoms with Crippen LogP contribution in [0, 0.1) is 5.82 Å². The Morgan fingerprint density at radius 1 is 1.09 bits per heavy atom. The predicted octanol–water partition coefficient (Wildman–Crippen LogP) is 2.90. The molecule has 3 atom stereocenters. The van der Waals surface area contributed by atoms with Gasteiger partial charge in [0.15, 0.2) is 11.5 Å². The van der Waals surface area contributed by atoms with E-state index in [1.54, 1.807) is 18.3 Å². The van der Waals surface area contributed by atoms with Gasteiger partial charge in [-0.05, 0) is 43.2 Å². The van der Waals surface area contributed by atoms with E-state index >= 15 is 0 Å². The summed E-state index contributed by atoms with van der Waals surface area (Å²) in [5, 5.41) is 4.76. The summed E-state index contributed by atoms with van der Waals surface area (Å²) in [6.45, 7) is 1.67. The van der Waals surface area contributed by atoms with Gasteiger partial charge in [0.05, 0.1) is 31.0 Å². The Kier molecular flexibility index (Phi) is 4.24. The average Bonchev–Trinajstić information content (AvgIpc) is 3.24. The van der Waals surface area contributed by atoms with E-state index in [1.165, 1.54) is 6.07 Å². The van der Waals surface area contributed by atoms with Crippen LogP contribution >= 0.6 is 0 Å². The van der Waals surface area contributed by atoms with Crippen molar-refractivity contribution in [1.29, 1.82) is 0 Å². The van der Waals surface area contributed by atoms with Gasteiger partial charge in [0.1, 0.15) is 23.6 Å². The van der Waals surface area contributed by atoms with E-state index in [2.05, 4.69) is 28.0 Å². The van der Waals surface area contributed by atoms with Gasteiger partial charge >= 0.3 is 5.95 Å². The average molecular weight is 431 g/mol. The van der Waals surface area contributed by atoms with E-state index in [-0.39, 0.29) is 11.7 Å². The Labute approximate surface area is 184 Å². The number of quaternary nitrogens is 1. The van der Waals surface area contributed by atoms with E-state index in [0.29, 0.717) is 16.2 Å². The number of halogens is 1. The molecule has 2 N–H and O–H groups in total. The minimum Gasteiger partial charge on any atom is -0.356 e. The Morgan fingerprint density at radius 3 is 2.88 bits per heavy atom. The van der Waals surface area contributed by atoms with Crippen molar-refractivity contribution < 1.29 is 4.39 Å². The van der Waals surface area contributed by atoms with Crippen LogP contribution in [0.25, 0.3) is 16.9 Å². The summed E-state index contributed by atoms with van der Waals surface area (Å²) < 4.78 is 16.7. The first kappa shape index (κ1) is 19.3. The maximum atomic E-state index is 14.4. The first-order valence-electron chi connectivity index (χ1n) is 10.8. The molecule has 1 fully saturated rings. The molecule has 0 spiro atoms. The molecule has 4 aromatic rings. The molecule has 3 unspecified atom stereocenters. The van der Waals surface area contributed by atoms with Crippen LogP contribution in [0.2, 0.25) is 0 Å². The van der Waals surface area contributed by atoms with Gasteiger partial charge < -0.3 is 10.6 Å². The molecule has 32 heavy (non-hydrogen) atoms. The highest BCUT2D eigenvalue weighted by Gasteiger charge is 2.47. The van der Waals surface area contributed by atoms with Crippen LogP contribution in [0.5, 0.6) is 0 Å². The second-order valence-corrected chi connectivity index (χ2v) is 8.83. The molecule has 6 rings (SSSR count). The molecule has 8 nitrogen and oxygen atoms in total. The van der Waals surface area contributed by atoms with Gasteiger partial charge in [-0.15, -0.1) is 0 Å². The largest absolute Gasteiger partial charge is 0.356 e. The van der Waals surface area contributed by atoms with Gasteiger partial charge in [-0.1, -0.05) is 0 Å². The highest BCUT2D eigenvalue weighted by atomic mass is 19.1. The minimum absolute atomic E-state index is 0.175. The minimum atomic E-state index is -0.400. The smallest absolute Gasteiger partial charge is 0.335 e. The molecular weight excluding hydrogens is 407 g/mol. The standard InChI is InChI=1S/C23H24FN8/c1-32(14-17-5-4-15(25)13-30(17)20-8-10-26-12-21(20)32)23-28-11-16-6-7-19(29-31(16)23)22-18(24)3-2-9-27-22/h2-3,6-12,15,17H,4-5,13-14,25H2,1H3/q+1. The van der Waals surface area contributed by atoms with E-state index in [0.717, 1.165) is 48.8 Å². The monoisotopic (exact) mass is 431 g/mol. The topological polar surface area (TPSA) is 85.2 Å². The first-order chi connectivity index (χ1) is 15.5. The second-order valence-electron chi connectivity index (χ2n) is 8.83. The lowest BCUT2D eigenvalue weighted by Crippen LogP contribution is -2.61. The number of nitrogens with two attached hydrogens (primary N) is 1. The number of nitrogens with zero attached hydrogens (tertiary/aromatic N) is 7. The molecule has 9 heteroatoms. The molecule has 0 aromatic carbocycles. The fourth-order valence-corrected chi connectivity index (χ4v) is 5.16. The van der Waals surface area contributed by atoms with Gasteiger partial charge in [0.25, 0.3) is 0 Å². The zero-order chi connectivity index (χ0) is 21.9. The number of anilines is 1. The molecule has 0 amide bonds. The number of aromatic nitrogens is 5. The summed E-state index contributed by atoms with van der Waals surface area (Å²) >= 11 is 0. The van der Waals surface area contributed by atoms with E-state index in [4.69, 9.17) is 15.8 Å². The van der Waals surface area contributed by atoms with Crippen molar-refractivity contribution in [3.63, 3.8) is 0 Å². The number of rotatable bonds is 2. The quantitative estimate of drug-likeness (QED) is 0.491.